The Kier molecular flexibility index (Phi) is 4.70. The fourth-order valence-electron chi connectivity index (χ4n) is 2.45. The third-order valence-corrected chi connectivity index (χ3v) is 3.80. The molecule has 1 atom stereocenters. The molecule has 0 aliphatic heterocycles. The number of rotatable bonds is 5. The molecular formula is C19H18FN3O. The van der Waals surface area contributed by atoms with Gasteiger partial charge in [0.15, 0.2) is 0 Å². The molecule has 0 saturated carbocycles. The highest BCUT2D eigenvalue weighted by Crippen LogP contribution is 2.14. The van der Waals surface area contributed by atoms with Gasteiger partial charge in [0.1, 0.15) is 5.82 Å². The molecule has 0 aliphatic carbocycles. The number of halogens is 1. The minimum Gasteiger partial charge on any atom is -0.345 e. The maximum absolute atomic E-state index is 13.0. The summed E-state index contributed by atoms with van der Waals surface area (Å²) in [4.78, 5) is 12.3. The van der Waals surface area contributed by atoms with Crippen molar-refractivity contribution in [3.05, 3.63) is 89.5 Å². The first-order chi connectivity index (χ1) is 11.6. The Balaban J connectivity index is 1.64. The quantitative estimate of drug-likeness (QED) is 0.780. The summed E-state index contributed by atoms with van der Waals surface area (Å²) in [6, 6.07) is 15.8. The maximum Gasteiger partial charge on any atom is 0.254 e. The number of aromatic nitrogens is 2. The van der Waals surface area contributed by atoms with Gasteiger partial charge in [-0.15, -0.1) is 0 Å². The molecule has 0 bridgehead atoms. The predicted molar refractivity (Wildman–Crippen MR) is 90.1 cm³/mol. The smallest absolute Gasteiger partial charge is 0.254 e. The van der Waals surface area contributed by atoms with Gasteiger partial charge in [0, 0.05) is 6.20 Å². The van der Waals surface area contributed by atoms with Crippen LogP contribution >= 0.6 is 0 Å². The molecule has 0 aliphatic rings. The molecule has 122 valence electrons. The number of nitrogens with one attached hydrogen (secondary N) is 1. The first-order valence-electron chi connectivity index (χ1n) is 7.74. The second-order valence-electron chi connectivity index (χ2n) is 5.66. The van der Waals surface area contributed by atoms with Crippen LogP contribution in [0.15, 0.2) is 67.0 Å². The van der Waals surface area contributed by atoms with Crippen LogP contribution in [0.1, 0.15) is 34.5 Å². The Bertz CT molecular complexity index is 812. The lowest BCUT2D eigenvalue weighted by Gasteiger charge is -2.13. The molecule has 5 heteroatoms. The fraction of sp³-hybridized carbons (Fsp3) is 0.158. The molecule has 1 aromatic heterocycles. The number of benzene rings is 2. The van der Waals surface area contributed by atoms with Crippen molar-refractivity contribution in [3.63, 3.8) is 0 Å². The van der Waals surface area contributed by atoms with Crippen molar-refractivity contribution >= 4 is 5.91 Å². The van der Waals surface area contributed by atoms with Gasteiger partial charge < -0.3 is 5.32 Å². The number of carbonyl (C=O) groups is 1. The molecular weight excluding hydrogens is 305 g/mol. The summed E-state index contributed by atoms with van der Waals surface area (Å²) >= 11 is 0. The predicted octanol–water partition coefficient (Wildman–Crippen LogP) is 3.56. The van der Waals surface area contributed by atoms with Gasteiger partial charge in [-0.05, 0) is 30.2 Å². The number of carbonyl (C=O) groups excluding carboxylic acids is 1. The minimum atomic E-state index is -0.292. The maximum atomic E-state index is 13.0. The number of hydrogen-bond donors (Lipinski definition) is 1. The highest BCUT2D eigenvalue weighted by molar-refractivity contribution is 5.93. The van der Waals surface area contributed by atoms with Crippen LogP contribution in [0.5, 0.6) is 0 Å². The van der Waals surface area contributed by atoms with Crippen molar-refractivity contribution < 1.29 is 9.18 Å². The molecule has 2 aromatic carbocycles. The van der Waals surface area contributed by atoms with Crippen LogP contribution in [0.25, 0.3) is 0 Å². The molecule has 0 spiro atoms. The van der Waals surface area contributed by atoms with Crippen LogP contribution in [0.3, 0.4) is 0 Å². The Morgan fingerprint density at radius 1 is 1.17 bits per heavy atom. The molecule has 4 nitrogen and oxygen atoms in total. The zero-order valence-electron chi connectivity index (χ0n) is 13.3. The third-order valence-electron chi connectivity index (χ3n) is 3.80. The van der Waals surface area contributed by atoms with E-state index in [1.54, 1.807) is 29.2 Å². The van der Waals surface area contributed by atoms with E-state index in [0.29, 0.717) is 12.1 Å². The van der Waals surface area contributed by atoms with E-state index in [4.69, 9.17) is 0 Å². The van der Waals surface area contributed by atoms with Gasteiger partial charge >= 0.3 is 0 Å². The summed E-state index contributed by atoms with van der Waals surface area (Å²) in [5.74, 6) is -0.495. The first-order valence-corrected chi connectivity index (χ1v) is 7.74. The summed E-state index contributed by atoms with van der Waals surface area (Å²) in [6.07, 6.45) is 3.27. The molecule has 24 heavy (non-hydrogen) atoms. The van der Waals surface area contributed by atoms with Crippen LogP contribution in [-0.4, -0.2) is 15.7 Å². The van der Waals surface area contributed by atoms with Crippen molar-refractivity contribution in [2.75, 3.05) is 0 Å². The van der Waals surface area contributed by atoms with Crippen LogP contribution in [0, 0.1) is 5.82 Å². The highest BCUT2D eigenvalue weighted by Gasteiger charge is 2.13. The minimum absolute atomic E-state index is 0.203. The third kappa shape index (κ3) is 3.87. The van der Waals surface area contributed by atoms with Crippen LogP contribution in [0.2, 0.25) is 0 Å². The van der Waals surface area contributed by atoms with E-state index < -0.39 is 0 Å². The van der Waals surface area contributed by atoms with Gasteiger partial charge in [0.2, 0.25) is 0 Å². The Morgan fingerprint density at radius 2 is 1.88 bits per heavy atom. The molecule has 0 radical (unpaired) electrons. The van der Waals surface area contributed by atoms with Crippen molar-refractivity contribution in [3.8, 4) is 0 Å². The fourth-order valence-corrected chi connectivity index (χ4v) is 2.45. The largest absolute Gasteiger partial charge is 0.345 e. The van der Waals surface area contributed by atoms with E-state index in [1.165, 1.54) is 12.1 Å². The second kappa shape index (κ2) is 7.08. The normalized spacial score (nSPS) is 11.9. The van der Waals surface area contributed by atoms with Crippen LogP contribution < -0.4 is 5.32 Å². The van der Waals surface area contributed by atoms with Crippen molar-refractivity contribution in [2.24, 2.45) is 0 Å². The van der Waals surface area contributed by atoms with E-state index >= 15 is 0 Å². The molecule has 0 fully saturated rings. The van der Waals surface area contributed by atoms with E-state index in [-0.39, 0.29) is 17.8 Å². The lowest BCUT2D eigenvalue weighted by atomic mass is 10.1. The highest BCUT2D eigenvalue weighted by atomic mass is 19.1. The van der Waals surface area contributed by atoms with E-state index in [9.17, 15) is 9.18 Å². The molecule has 3 aromatic rings. The molecule has 1 amide bonds. The van der Waals surface area contributed by atoms with Gasteiger partial charge in [0.05, 0.1) is 24.3 Å². The van der Waals surface area contributed by atoms with Crippen molar-refractivity contribution in [1.29, 1.82) is 0 Å². The van der Waals surface area contributed by atoms with Crippen molar-refractivity contribution in [2.45, 2.75) is 19.5 Å². The lowest BCUT2D eigenvalue weighted by Crippen LogP contribution is -2.26. The summed E-state index contributed by atoms with van der Waals surface area (Å²) in [7, 11) is 0. The lowest BCUT2D eigenvalue weighted by molar-refractivity contribution is 0.0940. The van der Waals surface area contributed by atoms with Gasteiger partial charge in [-0.3, -0.25) is 9.48 Å². The van der Waals surface area contributed by atoms with Gasteiger partial charge in [-0.2, -0.15) is 5.10 Å². The number of amides is 1. The molecule has 1 N–H and O–H groups in total. The van der Waals surface area contributed by atoms with E-state index in [1.807, 2.05) is 37.3 Å². The topological polar surface area (TPSA) is 46.9 Å². The Hall–Kier alpha value is -2.95. The Morgan fingerprint density at radius 3 is 2.58 bits per heavy atom. The zero-order valence-corrected chi connectivity index (χ0v) is 13.3. The van der Waals surface area contributed by atoms with Gasteiger partial charge in [-0.25, -0.2) is 4.39 Å². The molecule has 1 heterocycles. The van der Waals surface area contributed by atoms with Gasteiger partial charge in [0.25, 0.3) is 5.91 Å². The average molecular weight is 323 g/mol. The zero-order chi connectivity index (χ0) is 16.9. The van der Waals surface area contributed by atoms with Crippen molar-refractivity contribution in [1.82, 2.24) is 15.1 Å². The van der Waals surface area contributed by atoms with Gasteiger partial charge in [-0.1, -0.05) is 42.5 Å². The van der Waals surface area contributed by atoms with Crippen LogP contribution in [0.4, 0.5) is 4.39 Å². The van der Waals surface area contributed by atoms with Crippen LogP contribution in [-0.2, 0) is 6.54 Å². The number of nitrogens with zero attached hydrogens (tertiary/aromatic N) is 2. The molecule has 0 saturated heterocycles. The Labute approximate surface area is 139 Å². The summed E-state index contributed by atoms with van der Waals surface area (Å²) in [5, 5.41) is 7.12. The monoisotopic (exact) mass is 323 g/mol. The van der Waals surface area contributed by atoms with E-state index in [2.05, 4.69) is 10.4 Å². The number of hydrogen-bond acceptors (Lipinski definition) is 2. The van der Waals surface area contributed by atoms with E-state index in [0.717, 1.165) is 11.1 Å². The second-order valence-corrected chi connectivity index (χ2v) is 5.66. The molecule has 1 unspecified atom stereocenters. The SMILES string of the molecule is CC(NC(=O)c1cnn(Cc2ccccc2)c1)c1ccc(F)cc1. The standard InChI is InChI=1S/C19H18FN3O/c1-14(16-7-9-18(20)10-8-16)22-19(24)17-11-21-23(13-17)12-15-5-3-2-4-6-15/h2-11,13-14H,12H2,1H3,(H,22,24). The summed E-state index contributed by atoms with van der Waals surface area (Å²) < 4.78 is 14.7. The molecule has 3 rings (SSSR count). The average Bonchev–Trinajstić information content (AvgIpc) is 3.05. The first kappa shape index (κ1) is 15.9. The summed E-state index contributed by atoms with van der Waals surface area (Å²) in [5.41, 5.74) is 2.47. The summed E-state index contributed by atoms with van der Waals surface area (Å²) in [6.45, 7) is 2.47.